The normalized spacial score (nSPS) is 28.3. The van der Waals surface area contributed by atoms with Crippen molar-refractivity contribution in [3.63, 3.8) is 0 Å². The van der Waals surface area contributed by atoms with Gasteiger partial charge in [0.1, 0.15) is 8.52 Å². The molecule has 0 spiro atoms. The molecule has 0 aliphatic carbocycles. The first-order valence-electron chi connectivity index (χ1n) is 2.17. The van der Waals surface area contributed by atoms with Crippen molar-refractivity contribution in [2.45, 2.75) is 0 Å². The molecule has 1 heterocycles. The number of nitrogens with one attached hydrogen (secondary N) is 1. The minimum absolute atomic E-state index is 0.518. The molecular weight excluding hydrogens is 211 g/mol. The van der Waals surface area contributed by atoms with E-state index >= 15 is 0 Å². The average molecular weight is 215 g/mol. The molecule has 0 bridgehead atoms. The van der Waals surface area contributed by atoms with Gasteiger partial charge >= 0.3 is 0 Å². The van der Waals surface area contributed by atoms with Crippen molar-refractivity contribution in [1.82, 2.24) is 4.86 Å². The molecule has 0 fully saturated rings. The number of rotatable bonds is 1. The predicted octanol–water partition coefficient (Wildman–Crippen LogP) is 1.95. The third kappa shape index (κ3) is 2.30. The summed E-state index contributed by atoms with van der Waals surface area (Å²) in [5.41, 5.74) is 0. The molecule has 56 valence electrons. The summed E-state index contributed by atoms with van der Waals surface area (Å²) in [6, 6.07) is 0. The second-order valence-corrected chi connectivity index (χ2v) is 9.12. The lowest BCUT2D eigenvalue weighted by Crippen LogP contribution is -2.00. The topological polar surface area (TPSA) is 70.9 Å². The Balaban J connectivity index is 2.79. The molecular formula is CH4N3O2P3S. The third-order valence-corrected chi connectivity index (χ3v) is 7.25. The van der Waals surface area contributed by atoms with Gasteiger partial charge < -0.3 is 0 Å². The predicted molar refractivity (Wildman–Crippen MR) is 43.6 cm³/mol. The van der Waals surface area contributed by atoms with E-state index in [-0.39, 0.29) is 0 Å². The Kier molecular flexibility index (Phi) is 2.84. The molecule has 0 aromatic rings. The molecule has 0 amide bonds. The highest BCUT2D eigenvalue weighted by Gasteiger charge is 2.20. The van der Waals surface area contributed by atoms with Gasteiger partial charge in [-0.15, -0.1) is 0 Å². The van der Waals surface area contributed by atoms with Crippen LogP contribution in [0.4, 0.5) is 0 Å². The second-order valence-electron chi connectivity index (χ2n) is 1.47. The first-order chi connectivity index (χ1) is 4.61. The summed E-state index contributed by atoms with van der Waals surface area (Å²) >= 11 is 0. The summed E-state index contributed by atoms with van der Waals surface area (Å²) in [6.45, 7) is 0. The monoisotopic (exact) mass is 215 g/mol. The summed E-state index contributed by atoms with van der Waals surface area (Å²) in [5.74, 6) is 0. The summed E-state index contributed by atoms with van der Waals surface area (Å²) in [6.07, 6.45) is 1.17. The van der Waals surface area contributed by atoms with Crippen molar-refractivity contribution >= 4 is 33.9 Å². The molecule has 1 atom stereocenters. The van der Waals surface area contributed by atoms with E-state index < -0.39 is 16.9 Å². The van der Waals surface area contributed by atoms with E-state index in [0.29, 0.717) is 17.0 Å². The zero-order valence-electron chi connectivity index (χ0n) is 4.96. The first kappa shape index (κ1) is 8.63. The van der Waals surface area contributed by atoms with Crippen LogP contribution in [0.25, 0.3) is 0 Å². The maximum absolute atomic E-state index is 10.8. The quantitative estimate of drug-likeness (QED) is 0.679. The molecule has 1 N–H and O–H groups in total. The average Bonchev–Trinajstić information content (AvgIpc) is 1.88. The van der Waals surface area contributed by atoms with Crippen LogP contribution in [-0.2, 0) is 9.46 Å². The van der Waals surface area contributed by atoms with Gasteiger partial charge in [-0.3, -0.25) is 0 Å². The lowest BCUT2D eigenvalue weighted by Gasteiger charge is -2.06. The molecule has 5 nitrogen and oxygen atoms in total. The zero-order chi connectivity index (χ0) is 7.61. The Bertz CT molecular complexity index is 269. The maximum atomic E-state index is 10.8. The van der Waals surface area contributed by atoms with Gasteiger partial charge in [-0.2, -0.15) is 9.03 Å². The van der Waals surface area contributed by atoms with E-state index in [1.54, 1.807) is 0 Å². The minimum atomic E-state index is -3.01. The Labute approximate surface area is 63.0 Å². The number of nitrogens with zero attached hydrogens (tertiary/aromatic N) is 2. The molecule has 0 saturated carbocycles. The van der Waals surface area contributed by atoms with Crippen LogP contribution in [0.3, 0.4) is 0 Å². The van der Waals surface area contributed by atoms with Crippen LogP contribution >= 0.6 is 24.5 Å². The second kappa shape index (κ2) is 3.29. The molecule has 10 heavy (non-hydrogen) atoms. The van der Waals surface area contributed by atoms with E-state index in [0.717, 1.165) is 0 Å². The van der Waals surface area contributed by atoms with Gasteiger partial charge in [-0.05, 0) is 0 Å². The van der Waals surface area contributed by atoms with Crippen molar-refractivity contribution in [3.8, 4) is 0 Å². The van der Waals surface area contributed by atoms with Crippen LogP contribution in [0.1, 0.15) is 0 Å². The zero-order valence-corrected chi connectivity index (χ0v) is 8.46. The molecule has 1 rings (SSSR count). The van der Waals surface area contributed by atoms with Crippen molar-refractivity contribution < 1.29 is 8.42 Å². The fourth-order valence-electron chi connectivity index (χ4n) is 0.293. The molecule has 0 radical (unpaired) electrons. The highest BCUT2D eigenvalue weighted by molar-refractivity contribution is 8.49. The molecule has 1 aliphatic heterocycles. The number of hydrogen-bond donors (Lipinski definition) is 1. The highest BCUT2D eigenvalue weighted by Crippen LogP contribution is 2.47. The van der Waals surface area contributed by atoms with E-state index in [1.165, 1.54) is 6.26 Å². The van der Waals surface area contributed by atoms with E-state index in [4.69, 9.17) is 0 Å². The van der Waals surface area contributed by atoms with Gasteiger partial charge in [0.05, 0.1) is 0 Å². The Morgan fingerprint density at radius 3 is 2.60 bits per heavy atom. The first-order valence-corrected chi connectivity index (χ1v) is 7.61. The fourth-order valence-corrected chi connectivity index (χ4v) is 6.83. The molecule has 1 unspecified atom stereocenters. The van der Waals surface area contributed by atoms with Gasteiger partial charge in [0.25, 0.3) is 0 Å². The van der Waals surface area contributed by atoms with Crippen molar-refractivity contribution in [2.75, 3.05) is 6.26 Å². The van der Waals surface area contributed by atoms with Gasteiger partial charge in [0.15, 0.2) is 8.52 Å². The summed E-state index contributed by atoms with van der Waals surface area (Å²) in [4.78, 5) is 2.67. The van der Waals surface area contributed by atoms with Crippen LogP contribution in [0.5, 0.6) is 0 Å². The minimum Gasteiger partial charge on any atom is -0.222 e. The largest absolute Gasteiger partial charge is 0.227 e. The van der Waals surface area contributed by atoms with Gasteiger partial charge in [-0.1, -0.05) is 0 Å². The van der Waals surface area contributed by atoms with Crippen LogP contribution < -0.4 is 4.86 Å². The molecule has 0 aromatic carbocycles. The van der Waals surface area contributed by atoms with Crippen molar-refractivity contribution in [3.05, 3.63) is 0 Å². The van der Waals surface area contributed by atoms with Crippen LogP contribution in [0.2, 0.25) is 0 Å². The van der Waals surface area contributed by atoms with Gasteiger partial charge in [0, 0.05) is 6.26 Å². The van der Waals surface area contributed by atoms with Gasteiger partial charge in [0.2, 0.25) is 16.9 Å². The lowest BCUT2D eigenvalue weighted by molar-refractivity contribution is 0.614. The standard InChI is InChI=1S/CH4N3O2P3S/c1-10(5,6)9-3-7-2-8-4-9/h1H3,(H,2,3,4). The van der Waals surface area contributed by atoms with Crippen LogP contribution in [0.15, 0.2) is 9.03 Å². The Hall–Kier alpha value is 0.540. The van der Waals surface area contributed by atoms with Crippen LogP contribution in [0, 0.1) is 0 Å². The smallest absolute Gasteiger partial charge is 0.222 e. The van der Waals surface area contributed by atoms with Crippen LogP contribution in [-0.4, -0.2) is 14.7 Å². The SMILES string of the molecule is CS(=O)(=O)P1N=PN=PN1. The van der Waals surface area contributed by atoms with E-state index in [2.05, 4.69) is 13.9 Å². The molecule has 0 saturated heterocycles. The lowest BCUT2D eigenvalue weighted by atomic mass is 12.0. The summed E-state index contributed by atoms with van der Waals surface area (Å²) in [7, 11) is -3.27. The van der Waals surface area contributed by atoms with Crippen molar-refractivity contribution in [1.29, 1.82) is 0 Å². The van der Waals surface area contributed by atoms with E-state index in [1.807, 2.05) is 0 Å². The third-order valence-electron chi connectivity index (χ3n) is 0.650. The van der Waals surface area contributed by atoms with Crippen molar-refractivity contribution in [2.24, 2.45) is 9.03 Å². The molecule has 9 heteroatoms. The van der Waals surface area contributed by atoms with E-state index in [9.17, 15) is 8.42 Å². The summed E-state index contributed by atoms with van der Waals surface area (Å²) < 4.78 is 29.1. The Morgan fingerprint density at radius 1 is 1.60 bits per heavy atom. The Morgan fingerprint density at radius 2 is 2.30 bits per heavy atom. The maximum Gasteiger partial charge on any atom is 0.227 e. The molecule has 0 aromatic heterocycles. The summed E-state index contributed by atoms with van der Waals surface area (Å²) in [5, 5.41) is 0. The fraction of sp³-hybridized carbons (Fsp3) is 1.00. The number of hydrogen-bond acceptors (Lipinski definition) is 5. The van der Waals surface area contributed by atoms with Gasteiger partial charge in [-0.25, -0.2) is 13.3 Å². The highest BCUT2D eigenvalue weighted by atomic mass is 32.8. The molecule has 1 aliphatic rings.